The number of ether oxygens (including phenoxy) is 1. The Balaban J connectivity index is 2.76. The summed E-state index contributed by atoms with van der Waals surface area (Å²) in [5.41, 5.74) is 1.19. The Labute approximate surface area is 156 Å². The van der Waals surface area contributed by atoms with Crippen molar-refractivity contribution in [3.8, 4) is 12.1 Å². The number of carbonyl (C=O) groups is 1. The average Bonchev–Trinajstić information content (AvgIpc) is 2.59. The smallest absolute Gasteiger partial charge is 0.338 e. The van der Waals surface area contributed by atoms with Crippen molar-refractivity contribution in [3.63, 3.8) is 0 Å². The Hall–Kier alpha value is -2.79. The quantitative estimate of drug-likeness (QED) is 0.393. The third kappa shape index (κ3) is 7.40. The van der Waals surface area contributed by atoms with Gasteiger partial charge in [-0.2, -0.15) is 10.5 Å². The predicted molar refractivity (Wildman–Crippen MR) is 101 cm³/mol. The van der Waals surface area contributed by atoms with Gasteiger partial charge in [0, 0.05) is 18.8 Å². The first-order valence-corrected chi connectivity index (χ1v) is 8.81. The van der Waals surface area contributed by atoms with Crippen molar-refractivity contribution < 1.29 is 9.53 Å². The largest absolute Gasteiger partial charge is 0.456 e. The van der Waals surface area contributed by atoms with Crippen LogP contribution in [0.4, 0.5) is 0 Å². The van der Waals surface area contributed by atoms with Gasteiger partial charge in [-0.15, -0.1) is 0 Å². The van der Waals surface area contributed by atoms with E-state index in [2.05, 4.69) is 13.0 Å². The molecule has 1 unspecified atom stereocenters. The second-order valence-corrected chi connectivity index (χ2v) is 7.09. The summed E-state index contributed by atoms with van der Waals surface area (Å²) in [6.07, 6.45) is 4.85. The van der Waals surface area contributed by atoms with Gasteiger partial charge in [0.2, 0.25) is 0 Å². The monoisotopic (exact) mass is 353 g/mol. The van der Waals surface area contributed by atoms with Crippen molar-refractivity contribution in [1.82, 2.24) is 4.90 Å². The molecule has 0 amide bonds. The molecule has 1 aromatic rings. The van der Waals surface area contributed by atoms with Crippen LogP contribution in [0.2, 0.25) is 0 Å². The summed E-state index contributed by atoms with van der Waals surface area (Å²) in [5, 5.41) is 17.5. The van der Waals surface area contributed by atoms with Crippen molar-refractivity contribution in [1.29, 1.82) is 10.5 Å². The second-order valence-electron chi connectivity index (χ2n) is 7.09. The lowest BCUT2D eigenvalue weighted by Crippen LogP contribution is -2.23. The number of nitrogens with zero attached hydrogens (tertiary/aromatic N) is 3. The van der Waals surface area contributed by atoms with Crippen LogP contribution >= 0.6 is 0 Å². The Morgan fingerprint density at radius 1 is 1.27 bits per heavy atom. The molecule has 0 aromatic heterocycles. The van der Waals surface area contributed by atoms with Crippen molar-refractivity contribution >= 4 is 5.97 Å². The number of allylic oxidation sites excluding steroid dienone is 1. The highest BCUT2D eigenvalue weighted by atomic mass is 16.6. The average molecular weight is 353 g/mol. The van der Waals surface area contributed by atoms with E-state index in [9.17, 15) is 4.79 Å². The molecular formula is C21H27N3O2. The molecule has 0 saturated heterocycles. The molecule has 138 valence electrons. The minimum Gasteiger partial charge on any atom is -0.456 e. The highest BCUT2D eigenvalue weighted by Crippen LogP contribution is 2.24. The lowest BCUT2D eigenvalue weighted by Gasteiger charge is -2.22. The molecule has 0 fully saturated rings. The normalized spacial score (nSPS) is 12.2. The maximum atomic E-state index is 12.1. The van der Waals surface area contributed by atoms with Crippen molar-refractivity contribution in [3.05, 3.63) is 47.7 Å². The molecule has 1 aromatic carbocycles. The van der Waals surface area contributed by atoms with Crippen molar-refractivity contribution in [2.45, 2.75) is 52.1 Å². The highest BCUT2D eigenvalue weighted by molar-refractivity contribution is 5.89. The second kappa shape index (κ2) is 10.3. The van der Waals surface area contributed by atoms with Gasteiger partial charge >= 0.3 is 5.97 Å². The highest BCUT2D eigenvalue weighted by Gasteiger charge is 2.18. The van der Waals surface area contributed by atoms with Crippen LogP contribution < -0.4 is 0 Å². The first-order valence-electron chi connectivity index (χ1n) is 8.81. The minimum atomic E-state index is -0.511. The van der Waals surface area contributed by atoms with E-state index in [1.54, 1.807) is 18.3 Å². The zero-order chi connectivity index (χ0) is 19.6. The van der Waals surface area contributed by atoms with Crippen LogP contribution in [0.15, 0.2) is 36.5 Å². The molecule has 0 aliphatic heterocycles. The predicted octanol–water partition coefficient (Wildman–Crippen LogP) is 4.39. The summed E-state index contributed by atoms with van der Waals surface area (Å²) in [5.74, 6) is -0.00157. The maximum absolute atomic E-state index is 12.1. The summed E-state index contributed by atoms with van der Waals surface area (Å²) in [6, 6.07) is 11.6. The van der Waals surface area contributed by atoms with E-state index in [0.29, 0.717) is 18.0 Å². The van der Waals surface area contributed by atoms with Gasteiger partial charge < -0.3 is 9.64 Å². The Morgan fingerprint density at radius 3 is 2.42 bits per heavy atom. The summed E-state index contributed by atoms with van der Waals surface area (Å²) >= 11 is 0. The van der Waals surface area contributed by atoms with E-state index in [1.165, 1.54) is 6.08 Å². The molecule has 0 aliphatic rings. The van der Waals surface area contributed by atoms with E-state index in [4.69, 9.17) is 15.3 Å². The number of hydrogen-bond acceptors (Lipinski definition) is 5. The summed E-state index contributed by atoms with van der Waals surface area (Å²) in [7, 11) is 0. The van der Waals surface area contributed by atoms with Crippen LogP contribution in [0.5, 0.6) is 0 Å². The molecule has 0 saturated carbocycles. The molecule has 0 aliphatic carbocycles. The van der Waals surface area contributed by atoms with Crippen LogP contribution in [0.1, 0.15) is 62.4 Å². The third-order valence-corrected chi connectivity index (χ3v) is 3.91. The summed E-state index contributed by atoms with van der Waals surface area (Å²) < 4.78 is 5.38. The van der Waals surface area contributed by atoms with E-state index >= 15 is 0 Å². The number of hydrogen-bond donors (Lipinski definition) is 0. The first-order chi connectivity index (χ1) is 12.3. The number of esters is 1. The number of carbonyl (C=O) groups excluding carboxylic acids is 1. The molecule has 5 nitrogen and oxygen atoms in total. The van der Waals surface area contributed by atoms with Gasteiger partial charge in [0.05, 0.1) is 17.7 Å². The van der Waals surface area contributed by atoms with Crippen LogP contribution in [-0.2, 0) is 4.74 Å². The molecular weight excluding hydrogens is 326 g/mol. The van der Waals surface area contributed by atoms with Crippen molar-refractivity contribution in [2.75, 3.05) is 13.1 Å². The maximum Gasteiger partial charge on any atom is 0.338 e. The van der Waals surface area contributed by atoms with Gasteiger partial charge in [0.25, 0.3) is 0 Å². The third-order valence-electron chi connectivity index (χ3n) is 3.91. The van der Waals surface area contributed by atoms with E-state index in [1.807, 2.05) is 43.9 Å². The fraction of sp³-hybridized carbons (Fsp3) is 0.476. The lowest BCUT2D eigenvalue weighted by molar-refractivity contribution is 0.00695. The van der Waals surface area contributed by atoms with Gasteiger partial charge in [-0.25, -0.2) is 4.79 Å². The fourth-order valence-corrected chi connectivity index (χ4v) is 2.59. The van der Waals surface area contributed by atoms with Crippen LogP contribution in [0.25, 0.3) is 0 Å². The van der Waals surface area contributed by atoms with Crippen LogP contribution in [0, 0.1) is 22.7 Å². The topological polar surface area (TPSA) is 77.1 Å². The summed E-state index contributed by atoms with van der Waals surface area (Å²) in [4.78, 5) is 13.9. The zero-order valence-corrected chi connectivity index (χ0v) is 16.0. The van der Waals surface area contributed by atoms with Crippen LogP contribution in [-0.4, -0.2) is 29.6 Å². The minimum absolute atomic E-state index is 0.256. The molecule has 1 atom stereocenters. The molecule has 5 heteroatoms. The van der Waals surface area contributed by atoms with Gasteiger partial charge in [0.1, 0.15) is 12.1 Å². The van der Waals surface area contributed by atoms with E-state index in [-0.39, 0.29) is 12.5 Å². The SMILES string of the molecule is CCC(CCN(C=CC#N)CC#N)c1ccc(C(=O)OC(C)(C)C)cc1. The Kier molecular flexibility index (Phi) is 8.38. The Morgan fingerprint density at radius 2 is 1.92 bits per heavy atom. The van der Waals surface area contributed by atoms with Gasteiger partial charge in [-0.05, 0) is 57.2 Å². The molecule has 0 radical (unpaired) electrons. The Bertz CT molecular complexity index is 688. The lowest BCUT2D eigenvalue weighted by atomic mass is 9.92. The molecule has 0 heterocycles. The number of nitriles is 2. The zero-order valence-electron chi connectivity index (χ0n) is 16.0. The van der Waals surface area contributed by atoms with Gasteiger partial charge in [-0.1, -0.05) is 19.1 Å². The first kappa shape index (κ1) is 21.3. The fourth-order valence-electron chi connectivity index (χ4n) is 2.59. The van der Waals surface area contributed by atoms with Gasteiger partial charge in [-0.3, -0.25) is 0 Å². The van der Waals surface area contributed by atoms with E-state index < -0.39 is 5.60 Å². The van der Waals surface area contributed by atoms with E-state index in [0.717, 1.165) is 18.4 Å². The van der Waals surface area contributed by atoms with Gasteiger partial charge in [0.15, 0.2) is 0 Å². The summed E-state index contributed by atoms with van der Waals surface area (Å²) in [6.45, 7) is 8.61. The molecule has 0 bridgehead atoms. The van der Waals surface area contributed by atoms with Crippen molar-refractivity contribution in [2.24, 2.45) is 0 Å². The standard InChI is InChI=1S/C21H27N3O2/c1-5-17(11-15-24(16-13-23)14-6-12-22)18-7-9-19(10-8-18)20(25)26-21(2,3)4/h6-10,14,17H,5,11,15-16H2,1-4H3. The van der Waals surface area contributed by atoms with Crippen LogP contribution in [0.3, 0.4) is 0 Å². The molecule has 26 heavy (non-hydrogen) atoms. The number of benzene rings is 1. The molecule has 0 spiro atoms. The molecule has 1 rings (SSSR count). The number of rotatable bonds is 8. The molecule has 0 N–H and O–H groups in total.